The molecule has 2 aromatic carbocycles. The number of hydrogen-bond acceptors (Lipinski definition) is 8. The van der Waals surface area contributed by atoms with Crippen LogP contribution in [-0.4, -0.2) is 28.3 Å². The van der Waals surface area contributed by atoms with Gasteiger partial charge in [0.25, 0.3) is 5.91 Å². The van der Waals surface area contributed by atoms with Crippen molar-refractivity contribution in [3.8, 4) is 11.5 Å². The number of methoxy groups -OCH3 is 1. The van der Waals surface area contributed by atoms with E-state index in [1.165, 1.54) is 29.4 Å². The van der Waals surface area contributed by atoms with Gasteiger partial charge in [0.2, 0.25) is 10.9 Å². The summed E-state index contributed by atoms with van der Waals surface area (Å²) in [4.78, 5) is 28.8. The average Bonchev–Trinajstić information content (AvgIpc) is 3.36. The maximum atomic E-state index is 13.7. The van der Waals surface area contributed by atoms with Crippen molar-refractivity contribution in [2.75, 3.05) is 12.0 Å². The number of nitrogens with zero attached hydrogens (tertiary/aromatic N) is 3. The van der Waals surface area contributed by atoms with Gasteiger partial charge in [-0.1, -0.05) is 47.2 Å². The van der Waals surface area contributed by atoms with E-state index in [9.17, 15) is 14.7 Å². The van der Waals surface area contributed by atoms with Crippen LogP contribution >= 0.6 is 27.3 Å². The van der Waals surface area contributed by atoms with Crippen LogP contribution in [0.1, 0.15) is 46.6 Å². The third kappa shape index (κ3) is 3.67. The minimum absolute atomic E-state index is 0.0301. The van der Waals surface area contributed by atoms with E-state index in [1.807, 2.05) is 0 Å². The molecule has 2 aromatic heterocycles. The van der Waals surface area contributed by atoms with Gasteiger partial charge in [-0.2, -0.15) is 0 Å². The predicted molar refractivity (Wildman–Crippen MR) is 132 cm³/mol. The first-order chi connectivity index (χ1) is 16.3. The molecule has 1 aliphatic rings. The molecule has 0 saturated heterocycles. The van der Waals surface area contributed by atoms with Crippen molar-refractivity contribution in [3.05, 3.63) is 73.0 Å². The predicted octanol–water partition coefficient (Wildman–Crippen LogP) is 5.07. The summed E-state index contributed by atoms with van der Waals surface area (Å²) in [5.41, 5.74) is 0.798. The van der Waals surface area contributed by atoms with Crippen LogP contribution in [0.3, 0.4) is 0 Å². The fourth-order valence-corrected chi connectivity index (χ4v) is 5.53. The third-order valence-corrected chi connectivity index (χ3v) is 7.03. The zero-order valence-electron chi connectivity index (χ0n) is 18.5. The van der Waals surface area contributed by atoms with E-state index in [0.717, 1.165) is 15.9 Å². The number of halogens is 1. The van der Waals surface area contributed by atoms with E-state index in [-0.39, 0.29) is 28.3 Å². The molecule has 1 unspecified atom stereocenters. The molecule has 10 heteroatoms. The number of anilines is 1. The van der Waals surface area contributed by atoms with Crippen molar-refractivity contribution in [1.82, 2.24) is 10.2 Å². The second kappa shape index (κ2) is 8.52. The molecular formula is C24H20BrN3O5S. The van der Waals surface area contributed by atoms with Crippen molar-refractivity contribution in [3.63, 3.8) is 0 Å². The minimum atomic E-state index is -0.823. The zero-order valence-corrected chi connectivity index (χ0v) is 20.9. The summed E-state index contributed by atoms with van der Waals surface area (Å²) >= 11 is 4.71. The second-order valence-electron chi connectivity index (χ2n) is 8.40. The molecule has 1 aliphatic heterocycles. The van der Waals surface area contributed by atoms with Crippen molar-refractivity contribution in [2.45, 2.75) is 26.3 Å². The highest BCUT2D eigenvalue weighted by molar-refractivity contribution is 9.10. The highest BCUT2D eigenvalue weighted by Crippen LogP contribution is 2.44. The number of phenolic OH excluding ortho intramolecular Hbond substituents is 1. The Morgan fingerprint density at radius 3 is 2.74 bits per heavy atom. The molecule has 174 valence electrons. The standard InChI is InChI=1S/C24H20BrN3O5S/c1-11(2)8-18-26-27-24(34-18)28-20(12-4-6-15(29)17(9-12)32-3)19-21(30)14-10-13(25)5-7-16(14)33-22(19)23(28)31/h4-7,9-11,20,29H,8H2,1-3H3. The number of amides is 1. The third-order valence-electron chi connectivity index (χ3n) is 5.60. The Labute approximate surface area is 206 Å². The summed E-state index contributed by atoms with van der Waals surface area (Å²) in [7, 11) is 1.44. The van der Waals surface area contributed by atoms with E-state index in [2.05, 4.69) is 40.0 Å². The number of fused-ring (bicyclic) bond motifs is 2. The van der Waals surface area contributed by atoms with Gasteiger partial charge in [-0.25, -0.2) is 0 Å². The van der Waals surface area contributed by atoms with E-state index < -0.39 is 11.9 Å². The number of carbonyl (C=O) groups excluding carboxylic acids is 1. The molecule has 1 atom stereocenters. The Balaban J connectivity index is 1.76. The lowest BCUT2D eigenvalue weighted by Crippen LogP contribution is -2.29. The Hall–Kier alpha value is -3.24. The molecule has 0 aliphatic carbocycles. The number of phenols is 1. The summed E-state index contributed by atoms with van der Waals surface area (Å²) < 4.78 is 12.0. The zero-order chi connectivity index (χ0) is 24.1. The van der Waals surface area contributed by atoms with Crippen LogP contribution in [-0.2, 0) is 6.42 Å². The fourth-order valence-electron chi connectivity index (χ4n) is 4.10. The molecule has 34 heavy (non-hydrogen) atoms. The SMILES string of the molecule is COc1cc(C2c3c(oc4ccc(Br)cc4c3=O)C(=O)N2c2nnc(CC(C)C)s2)ccc1O. The van der Waals surface area contributed by atoms with Crippen LogP contribution in [0.4, 0.5) is 5.13 Å². The van der Waals surface area contributed by atoms with Gasteiger partial charge >= 0.3 is 0 Å². The fraction of sp³-hybridized carbons (Fsp3) is 0.250. The normalized spacial score (nSPS) is 15.4. The van der Waals surface area contributed by atoms with Crippen molar-refractivity contribution < 1.29 is 19.1 Å². The van der Waals surface area contributed by atoms with Crippen molar-refractivity contribution in [1.29, 1.82) is 0 Å². The molecular weight excluding hydrogens is 522 g/mol. The monoisotopic (exact) mass is 541 g/mol. The van der Waals surface area contributed by atoms with Crippen LogP contribution in [0.5, 0.6) is 11.5 Å². The molecule has 1 amide bonds. The number of benzene rings is 2. The summed E-state index contributed by atoms with van der Waals surface area (Å²) in [6.45, 7) is 4.16. The summed E-state index contributed by atoms with van der Waals surface area (Å²) in [6.07, 6.45) is 0.722. The van der Waals surface area contributed by atoms with Crippen molar-refractivity contribution >= 4 is 49.3 Å². The molecule has 0 fully saturated rings. The number of hydrogen-bond donors (Lipinski definition) is 1. The first-order valence-corrected chi connectivity index (χ1v) is 12.2. The largest absolute Gasteiger partial charge is 0.504 e. The van der Waals surface area contributed by atoms with Gasteiger partial charge in [-0.05, 0) is 41.8 Å². The van der Waals surface area contributed by atoms with Crippen LogP contribution in [0.2, 0.25) is 0 Å². The Morgan fingerprint density at radius 2 is 2.00 bits per heavy atom. The Kier molecular flexibility index (Phi) is 5.65. The minimum Gasteiger partial charge on any atom is -0.504 e. The maximum absolute atomic E-state index is 13.7. The molecule has 0 radical (unpaired) electrons. The quantitative estimate of drug-likeness (QED) is 0.376. The van der Waals surface area contributed by atoms with Crippen molar-refractivity contribution in [2.24, 2.45) is 5.92 Å². The molecule has 5 rings (SSSR count). The van der Waals surface area contributed by atoms with E-state index in [0.29, 0.717) is 27.6 Å². The highest BCUT2D eigenvalue weighted by Gasteiger charge is 2.45. The van der Waals surface area contributed by atoms with Gasteiger partial charge in [-0.3, -0.25) is 14.5 Å². The lowest BCUT2D eigenvalue weighted by molar-refractivity contribution is 0.0970. The topological polar surface area (TPSA) is 106 Å². The van der Waals surface area contributed by atoms with Gasteiger partial charge in [0.15, 0.2) is 16.9 Å². The Bertz CT molecular complexity index is 1500. The van der Waals surface area contributed by atoms with Gasteiger partial charge in [0.05, 0.1) is 24.1 Å². The van der Waals surface area contributed by atoms with E-state index >= 15 is 0 Å². The first-order valence-electron chi connectivity index (χ1n) is 10.6. The van der Waals surface area contributed by atoms with Gasteiger partial charge < -0.3 is 14.3 Å². The molecule has 0 bridgehead atoms. The van der Waals surface area contributed by atoms with Crippen LogP contribution in [0.15, 0.2) is 50.1 Å². The number of carbonyl (C=O) groups is 1. The van der Waals surface area contributed by atoms with Crippen LogP contribution in [0, 0.1) is 5.92 Å². The van der Waals surface area contributed by atoms with E-state index in [1.54, 1.807) is 30.3 Å². The Morgan fingerprint density at radius 1 is 1.21 bits per heavy atom. The molecule has 0 spiro atoms. The van der Waals surface area contributed by atoms with Gasteiger partial charge in [0.1, 0.15) is 10.6 Å². The van der Waals surface area contributed by atoms with Crippen LogP contribution in [0.25, 0.3) is 11.0 Å². The lowest BCUT2D eigenvalue weighted by Gasteiger charge is -2.22. The molecule has 3 heterocycles. The summed E-state index contributed by atoms with van der Waals surface area (Å²) in [5.74, 6) is 0.0473. The lowest BCUT2D eigenvalue weighted by atomic mass is 9.98. The molecule has 1 N–H and O–H groups in total. The first kappa shape index (κ1) is 22.5. The van der Waals surface area contributed by atoms with Crippen LogP contribution < -0.4 is 15.1 Å². The second-order valence-corrected chi connectivity index (χ2v) is 10.4. The van der Waals surface area contributed by atoms with Gasteiger partial charge in [-0.15, -0.1) is 10.2 Å². The maximum Gasteiger partial charge on any atom is 0.297 e. The molecule has 4 aromatic rings. The summed E-state index contributed by atoms with van der Waals surface area (Å²) in [6, 6.07) is 8.99. The number of aromatic hydroxyl groups is 1. The summed E-state index contributed by atoms with van der Waals surface area (Å²) in [5, 5.41) is 20.2. The highest BCUT2D eigenvalue weighted by atomic mass is 79.9. The van der Waals surface area contributed by atoms with Gasteiger partial charge in [0, 0.05) is 10.9 Å². The molecule has 8 nitrogen and oxygen atoms in total. The smallest absolute Gasteiger partial charge is 0.297 e. The number of rotatable bonds is 5. The average molecular weight is 542 g/mol. The molecule has 0 saturated carbocycles. The number of aromatic nitrogens is 2. The number of ether oxygens (including phenoxy) is 1. The van der Waals surface area contributed by atoms with E-state index in [4.69, 9.17) is 9.15 Å².